The van der Waals surface area contributed by atoms with Crippen molar-refractivity contribution < 1.29 is 19.0 Å². The van der Waals surface area contributed by atoms with Crippen molar-refractivity contribution in [2.45, 2.75) is 19.1 Å². The molecule has 1 atom stereocenters. The average Bonchev–Trinajstić information content (AvgIpc) is 3.11. The van der Waals surface area contributed by atoms with Crippen molar-refractivity contribution in [2.24, 2.45) is 0 Å². The molecule has 7 heteroatoms. The summed E-state index contributed by atoms with van der Waals surface area (Å²) < 4.78 is 16.3. The number of rotatable bonds is 7. The van der Waals surface area contributed by atoms with E-state index in [4.69, 9.17) is 14.2 Å². The lowest BCUT2D eigenvalue weighted by Crippen LogP contribution is -2.33. The van der Waals surface area contributed by atoms with Crippen LogP contribution < -0.4 is 9.47 Å². The Morgan fingerprint density at radius 2 is 2.04 bits per heavy atom. The number of likely N-dealkylation sites (tertiary alicyclic amines) is 1. The molecule has 7 nitrogen and oxygen atoms in total. The fourth-order valence-corrected chi connectivity index (χ4v) is 2.63. The minimum Gasteiger partial charge on any atom is -0.480 e. The Bertz CT molecular complexity index is 696. The lowest BCUT2D eigenvalue weighted by atomic mass is 10.2. The highest BCUT2D eigenvalue weighted by molar-refractivity contribution is 5.77. The van der Waals surface area contributed by atoms with Crippen LogP contribution in [0.15, 0.2) is 42.7 Å². The zero-order valence-electron chi connectivity index (χ0n) is 14.1. The predicted octanol–water partition coefficient (Wildman–Crippen LogP) is 1.68. The predicted molar refractivity (Wildman–Crippen MR) is 90.3 cm³/mol. The maximum Gasteiger partial charge on any atom is 0.248 e. The molecular weight excluding hydrogens is 322 g/mol. The van der Waals surface area contributed by atoms with E-state index < -0.39 is 0 Å². The molecule has 0 aliphatic carbocycles. The summed E-state index contributed by atoms with van der Waals surface area (Å²) in [4.78, 5) is 22.2. The van der Waals surface area contributed by atoms with Crippen LogP contribution in [-0.4, -0.2) is 53.7 Å². The third-order valence-electron chi connectivity index (χ3n) is 3.92. The second kappa shape index (κ2) is 8.43. The summed E-state index contributed by atoms with van der Waals surface area (Å²) in [7, 11) is 1.53. The molecule has 25 heavy (non-hydrogen) atoms. The molecule has 2 heterocycles. The van der Waals surface area contributed by atoms with Crippen molar-refractivity contribution in [3.63, 3.8) is 0 Å². The van der Waals surface area contributed by atoms with Crippen molar-refractivity contribution >= 4 is 5.91 Å². The van der Waals surface area contributed by atoms with Gasteiger partial charge in [0, 0.05) is 13.0 Å². The third kappa shape index (κ3) is 4.90. The molecule has 0 unspecified atom stereocenters. The highest BCUT2D eigenvalue weighted by Crippen LogP contribution is 2.18. The highest BCUT2D eigenvalue weighted by Gasteiger charge is 2.28. The quantitative estimate of drug-likeness (QED) is 0.762. The summed E-state index contributed by atoms with van der Waals surface area (Å²) >= 11 is 0. The first kappa shape index (κ1) is 17.2. The molecule has 132 valence electrons. The molecule has 0 saturated carbocycles. The van der Waals surface area contributed by atoms with Gasteiger partial charge in [0.05, 0.1) is 32.7 Å². The first-order valence-corrected chi connectivity index (χ1v) is 8.16. The molecule has 0 N–H and O–H groups in total. The molecule has 1 aromatic heterocycles. The zero-order valence-corrected chi connectivity index (χ0v) is 14.1. The Labute approximate surface area is 146 Å². The van der Waals surface area contributed by atoms with Gasteiger partial charge >= 0.3 is 0 Å². The van der Waals surface area contributed by atoms with Crippen molar-refractivity contribution in [3.05, 3.63) is 48.3 Å². The number of carbonyl (C=O) groups is 1. The monoisotopic (exact) mass is 343 g/mol. The largest absolute Gasteiger partial charge is 0.480 e. The van der Waals surface area contributed by atoms with E-state index in [1.54, 1.807) is 4.90 Å². The zero-order chi connectivity index (χ0) is 17.5. The maximum absolute atomic E-state index is 12.2. The van der Waals surface area contributed by atoms with Crippen molar-refractivity contribution in [1.29, 1.82) is 0 Å². The number of carbonyl (C=O) groups excluding carboxylic acids is 1. The van der Waals surface area contributed by atoms with E-state index in [2.05, 4.69) is 9.97 Å². The van der Waals surface area contributed by atoms with Crippen LogP contribution in [0.25, 0.3) is 0 Å². The molecule has 1 saturated heterocycles. The fourth-order valence-electron chi connectivity index (χ4n) is 2.63. The van der Waals surface area contributed by atoms with Gasteiger partial charge in [0.1, 0.15) is 12.7 Å². The number of amides is 1. The molecule has 1 amide bonds. The molecule has 0 bridgehead atoms. The van der Waals surface area contributed by atoms with Gasteiger partial charge in [0.25, 0.3) is 0 Å². The van der Waals surface area contributed by atoms with Crippen LogP contribution in [0.4, 0.5) is 0 Å². The molecule has 3 rings (SSSR count). The van der Waals surface area contributed by atoms with Crippen LogP contribution in [0, 0.1) is 0 Å². The molecule has 1 fully saturated rings. The van der Waals surface area contributed by atoms with Crippen LogP contribution in [-0.2, 0) is 16.1 Å². The van der Waals surface area contributed by atoms with E-state index >= 15 is 0 Å². The fraction of sp³-hybridized carbons (Fsp3) is 0.389. The normalized spacial score (nSPS) is 16.7. The number of aromatic nitrogens is 2. The topological polar surface area (TPSA) is 73.8 Å². The maximum atomic E-state index is 12.2. The number of ether oxygens (including phenoxy) is 3. The number of benzene rings is 1. The van der Waals surface area contributed by atoms with E-state index in [0.29, 0.717) is 31.5 Å². The molecule has 1 aromatic carbocycles. The van der Waals surface area contributed by atoms with Crippen molar-refractivity contribution in [2.75, 3.05) is 26.8 Å². The smallest absolute Gasteiger partial charge is 0.248 e. The van der Waals surface area contributed by atoms with Crippen molar-refractivity contribution in [3.8, 4) is 11.8 Å². The number of hydrogen-bond acceptors (Lipinski definition) is 6. The van der Waals surface area contributed by atoms with Gasteiger partial charge in [0.15, 0.2) is 0 Å². The standard InChI is InChI=1S/C18H21N3O4/c1-23-16-9-19-10-17(20-16)25-15-7-8-21(11-15)18(22)13-24-12-14-5-3-2-4-6-14/h2-6,9-10,15H,7-8,11-13H2,1H3/t15-/m0/s1. The highest BCUT2D eigenvalue weighted by atomic mass is 16.5. The van der Waals surface area contributed by atoms with Gasteiger partial charge in [-0.3, -0.25) is 9.78 Å². The van der Waals surface area contributed by atoms with Crippen LogP contribution in [0.2, 0.25) is 0 Å². The first-order chi connectivity index (χ1) is 12.2. The van der Waals surface area contributed by atoms with Gasteiger partial charge in [-0.1, -0.05) is 30.3 Å². The Kier molecular flexibility index (Phi) is 5.79. The first-order valence-electron chi connectivity index (χ1n) is 8.16. The van der Waals surface area contributed by atoms with Gasteiger partial charge < -0.3 is 19.1 Å². The van der Waals surface area contributed by atoms with Crippen LogP contribution in [0.3, 0.4) is 0 Å². The Morgan fingerprint density at radius 3 is 2.84 bits per heavy atom. The minimum absolute atomic E-state index is 0.0289. The van der Waals surface area contributed by atoms with Gasteiger partial charge in [-0.05, 0) is 5.56 Å². The lowest BCUT2D eigenvalue weighted by molar-refractivity contribution is -0.135. The Morgan fingerprint density at radius 1 is 1.24 bits per heavy atom. The SMILES string of the molecule is COc1cncc(O[C@H]2CCN(C(=O)COCc3ccccc3)C2)n1. The molecule has 1 aliphatic rings. The number of methoxy groups -OCH3 is 1. The lowest BCUT2D eigenvalue weighted by Gasteiger charge is -2.17. The van der Waals surface area contributed by atoms with E-state index in [0.717, 1.165) is 12.0 Å². The number of nitrogens with zero attached hydrogens (tertiary/aromatic N) is 3. The van der Waals surface area contributed by atoms with Gasteiger partial charge in [-0.25, -0.2) is 0 Å². The van der Waals surface area contributed by atoms with Gasteiger partial charge in [-0.2, -0.15) is 4.98 Å². The molecule has 0 radical (unpaired) electrons. The van der Waals surface area contributed by atoms with Crippen LogP contribution >= 0.6 is 0 Å². The van der Waals surface area contributed by atoms with E-state index in [1.807, 2.05) is 30.3 Å². The summed E-state index contributed by atoms with van der Waals surface area (Å²) in [6.45, 7) is 1.67. The van der Waals surface area contributed by atoms with Gasteiger partial charge in [0.2, 0.25) is 17.7 Å². The summed E-state index contributed by atoms with van der Waals surface area (Å²) in [5, 5.41) is 0. The summed E-state index contributed by atoms with van der Waals surface area (Å²) in [5.41, 5.74) is 1.05. The molecule has 2 aromatic rings. The summed E-state index contributed by atoms with van der Waals surface area (Å²) in [6.07, 6.45) is 3.71. The second-order valence-electron chi connectivity index (χ2n) is 5.75. The van der Waals surface area contributed by atoms with Crippen LogP contribution in [0.5, 0.6) is 11.8 Å². The minimum atomic E-state index is -0.0977. The molecular formula is C18H21N3O4. The number of hydrogen-bond donors (Lipinski definition) is 0. The van der Waals surface area contributed by atoms with Crippen LogP contribution in [0.1, 0.15) is 12.0 Å². The Hall–Kier alpha value is -2.67. The van der Waals surface area contributed by atoms with Crippen molar-refractivity contribution in [1.82, 2.24) is 14.9 Å². The van der Waals surface area contributed by atoms with E-state index in [1.165, 1.54) is 19.5 Å². The van der Waals surface area contributed by atoms with E-state index in [9.17, 15) is 4.79 Å². The average molecular weight is 343 g/mol. The third-order valence-corrected chi connectivity index (χ3v) is 3.92. The van der Waals surface area contributed by atoms with E-state index in [-0.39, 0.29) is 18.6 Å². The molecule has 1 aliphatic heterocycles. The Balaban J connectivity index is 1.43. The molecule has 0 spiro atoms. The van der Waals surface area contributed by atoms with Gasteiger partial charge in [-0.15, -0.1) is 0 Å². The summed E-state index contributed by atoms with van der Waals surface area (Å²) in [6, 6.07) is 9.79. The second-order valence-corrected chi connectivity index (χ2v) is 5.75. The summed E-state index contributed by atoms with van der Waals surface area (Å²) in [5.74, 6) is 0.774.